The van der Waals surface area contributed by atoms with Gasteiger partial charge in [0.15, 0.2) is 0 Å². The predicted octanol–water partition coefficient (Wildman–Crippen LogP) is 1.89. The first-order valence-electron chi connectivity index (χ1n) is 5.42. The Hall–Kier alpha value is -0.710. The van der Waals surface area contributed by atoms with E-state index in [4.69, 9.17) is 5.11 Å². The third-order valence-electron chi connectivity index (χ3n) is 2.36. The summed E-state index contributed by atoms with van der Waals surface area (Å²) in [4.78, 5) is 22.6. The Morgan fingerprint density at radius 1 is 1.38 bits per heavy atom. The van der Waals surface area contributed by atoms with Crippen LogP contribution >= 0.6 is 11.8 Å². The van der Waals surface area contributed by atoms with Crippen LogP contribution in [0.3, 0.4) is 0 Å². The number of carbonyl (C=O) groups is 2. The van der Waals surface area contributed by atoms with Crippen molar-refractivity contribution in [1.82, 2.24) is 5.32 Å². The summed E-state index contributed by atoms with van der Waals surface area (Å²) < 4.78 is -0.938. The number of carboxylic acid groups (broad SMARTS) is 1. The van der Waals surface area contributed by atoms with Gasteiger partial charge >= 0.3 is 5.97 Å². The summed E-state index contributed by atoms with van der Waals surface area (Å²) in [5.74, 6) is -1.01. The summed E-state index contributed by atoms with van der Waals surface area (Å²) >= 11 is 1.16. The van der Waals surface area contributed by atoms with E-state index in [-0.39, 0.29) is 17.2 Å². The number of nitrogens with one attached hydrogen (secondary N) is 1. The van der Waals surface area contributed by atoms with Gasteiger partial charge in [-0.25, -0.2) is 0 Å². The highest BCUT2D eigenvalue weighted by Gasteiger charge is 2.32. The third kappa shape index (κ3) is 4.88. The number of carbonyl (C=O) groups excluding carboxylic acids is 1. The highest BCUT2D eigenvalue weighted by atomic mass is 32.2. The molecule has 0 heterocycles. The largest absolute Gasteiger partial charge is 0.480 e. The molecule has 94 valence electrons. The molecule has 1 amide bonds. The molecule has 0 saturated heterocycles. The van der Waals surface area contributed by atoms with Crippen molar-refractivity contribution in [1.29, 1.82) is 0 Å². The number of aliphatic carboxylic acids is 1. The minimum absolute atomic E-state index is 0.103. The van der Waals surface area contributed by atoms with Crippen LogP contribution in [0, 0.1) is 0 Å². The van der Waals surface area contributed by atoms with E-state index in [1.165, 1.54) is 0 Å². The molecule has 0 aliphatic rings. The minimum atomic E-state index is -0.938. The Morgan fingerprint density at radius 3 is 2.25 bits per heavy atom. The second kappa shape index (κ2) is 6.13. The molecule has 0 fully saturated rings. The van der Waals surface area contributed by atoms with Crippen molar-refractivity contribution >= 4 is 23.6 Å². The van der Waals surface area contributed by atoms with Crippen molar-refractivity contribution in [2.24, 2.45) is 0 Å². The summed E-state index contributed by atoms with van der Waals surface area (Å²) in [6, 6.07) is 0.128. The number of thioether (sulfide) groups is 1. The fourth-order valence-corrected chi connectivity index (χ4v) is 2.17. The Bertz CT molecular complexity index is 266. The lowest BCUT2D eigenvalue weighted by molar-refractivity contribution is -0.138. The van der Waals surface area contributed by atoms with Crippen LogP contribution < -0.4 is 5.32 Å². The van der Waals surface area contributed by atoms with Crippen molar-refractivity contribution in [2.45, 2.75) is 57.1 Å². The van der Waals surface area contributed by atoms with Gasteiger partial charge in [0.05, 0.1) is 5.25 Å². The number of rotatable bonds is 6. The Labute approximate surface area is 101 Å². The smallest absolute Gasteiger partial charge is 0.319 e. The van der Waals surface area contributed by atoms with Crippen LogP contribution in [0.15, 0.2) is 0 Å². The quantitative estimate of drug-likeness (QED) is 0.752. The molecule has 0 aromatic carbocycles. The van der Waals surface area contributed by atoms with E-state index in [0.717, 1.165) is 18.2 Å². The molecule has 0 radical (unpaired) electrons. The number of amides is 1. The van der Waals surface area contributed by atoms with Gasteiger partial charge in [-0.05, 0) is 34.1 Å². The van der Waals surface area contributed by atoms with Crippen molar-refractivity contribution in [2.75, 3.05) is 0 Å². The standard InChI is InChI=1S/C11H21NO3S/c1-6-7(2)12-9(13)8(3)16-11(4,5)10(14)15/h7-8H,6H2,1-5H3,(H,12,13)(H,14,15). The van der Waals surface area contributed by atoms with Gasteiger partial charge < -0.3 is 10.4 Å². The number of hydrogen-bond acceptors (Lipinski definition) is 3. The third-order valence-corrected chi connectivity index (χ3v) is 3.69. The highest BCUT2D eigenvalue weighted by molar-refractivity contribution is 8.02. The molecular formula is C11H21NO3S. The second-order valence-corrected chi connectivity index (χ2v) is 6.36. The van der Waals surface area contributed by atoms with Crippen molar-refractivity contribution in [3.8, 4) is 0 Å². The second-order valence-electron chi connectivity index (χ2n) is 4.39. The molecule has 0 aromatic heterocycles. The predicted molar refractivity (Wildman–Crippen MR) is 66.7 cm³/mol. The summed E-state index contributed by atoms with van der Waals surface area (Å²) in [6.45, 7) is 8.86. The highest BCUT2D eigenvalue weighted by Crippen LogP contribution is 2.29. The first-order chi connectivity index (χ1) is 7.20. The first-order valence-corrected chi connectivity index (χ1v) is 6.30. The summed E-state index contributed by atoms with van der Waals surface area (Å²) in [7, 11) is 0. The molecular weight excluding hydrogens is 226 g/mol. The maximum Gasteiger partial charge on any atom is 0.319 e. The van der Waals surface area contributed by atoms with Gasteiger partial charge in [-0.3, -0.25) is 9.59 Å². The van der Waals surface area contributed by atoms with Crippen LogP contribution in [0.2, 0.25) is 0 Å². The van der Waals surface area contributed by atoms with Gasteiger partial charge in [-0.1, -0.05) is 6.92 Å². The average molecular weight is 247 g/mol. The molecule has 0 aromatic rings. The van der Waals surface area contributed by atoms with Crippen molar-refractivity contribution < 1.29 is 14.7 Å². The van der Waals surface area contributed by atoms with Crippen LogP contribution in [0.1, 0.15) is 41.0 Å². The van der Waals surface area contributed by atoms with Crippen LogP contribution in [0.4, 0.5) is 0 Å². The van der Waals surface area contributed by atoms with E-state index < -0.39 is 10.7 Å². The maximum absolute atomic E-state index is 11.7. The Morgan fingerprint density at radius 2 is 1.88 bits per heavy atom. The fourth-order valence-electron chi connectivity index (χ4n) is 1.01. The lowest BCUT2D eigenvalue weighted by Gasteiger charge is -2.23. The van der Waals surface area contributed by atoms with Gasteiger partial charge in [-0.2, -0.15) is 0 Å². The molecule has 0 spiro atoms. The topological polar surface area (TPSA) is 66.4 Å². The minimum Gasteiger partial charge on any atom is -0.480 e. The molecule has 0 bridgehead atoms. The van der Waals surface area contributed by atoms with Crippen molar-refractivity contribution in [3.05, 3.63) is 0 Å². The molecule has 4 nitrogen and oxygen atoms in total. The SMILES string of the molecule is CCC(C)NC(=O)C(C)SC(C)(C)C(=O)O. The number of hydrogen-bond donors (Lipinski definition) is 2. The molecule has 5 heteroatoms. The van der Waals surface area contributed by atoms with E-state index >= 15 is 0 Å². The molecule has 0 saturated carbocycles. The van der Waals surface area contributed by atoms with Gasteiger partial charge in [-0.15, -0.1) is 11.8 Å². The first kappa shape index (κ1) is 15.3. The lowest BCUT2D eigenvalue weighted by Crippen LogP contribution is -2.40. The zero-order chi connectivity index (χ0) is 12.9. The lowest BCUT2D eigenvalue weighted by atomic mass is 10.2. The van der Waals surface area contributed by atoms with Crippen LogP contribution in [-0.4, -0.2) is 33.0 Å². The maximum atomic E-state index is 11.7. The van der Waals surface area contributed by atoms with Gasteiger partial charge in [0.1, 0.15) is 4.75 Å². The van der Waals surface area contributed by atoms with E-state index in [2.05, 4.69) is 5.32 Å². The molecule has 2 unspecified atom stereocenters. The number of carboxylic acids is 1. The molecule has 2 N–H and O–H groups in total. The van der Waals surface area contributed by atoms with Crippen LogP contribution in [0.25, 0.3) is 0 Å². The van der Waals surface area contributed by atoms with Crippen LogP contribution in [-0.2, 0) is 9.59 Å². The Kier molecular flexibility index (Phi) is 5.86. The summed E-state index contributed by atoms with van der Waals surface area (Å²) in [5.41, 5.74) is 0. The van der Waals surface area contributed by atoms with Gasteiger partial charge in [0.2, 0.25) is 5.91 Å². The molecule has 0 rings (SSSR count). The molecule has 0 aliphatic heterocycles. The normalized spacial score (nSPS) is 15.3. The van der Waals surface area contributed by atoms with E-state index in [9.17, 15) is 9.59 Å². The van der Waals surface area contributed by atoms with Gasteiger partial charge in [0, 0.05) is 6.04 Å². The van der Waals surface area contributed by atoms with E-state index in [1.807, 2.05) is 13.8 Å². The van der Waals surface area contributed by atoms with Crippen molar-refractivity contribution in [3.63, 3.8) is 0 Å². The monoisotopic (exact) mass is 247 g/mol. The van der Waals surface area contributed by atoms with Gasteiger partial charge in [0.25, 0.3) is 0 Å². The molecule has 16 heavy (non-hydrogen) atoms. The zero-order valence-corrected chi connectivity index (χ0v) is 11.4. The van der Waals surface area contributed by atoms with Crippen LogP contribution in [0.5, 0.6) is 0 Å². The molecule has 2 atom stereocenters. The summed E-state index contributed by atoms with van der Waals surface area (Å²) in [6.07, 6.45) is 0.867. The van der Waals surface area contributed by atoms with E-state index in [0.29, 0.717) is 0 Å². The summed E-state index contributed by atoms with van der Waals surface area (Å²) in [5, 5.41) is 11.4. The fraction of sp³-hybridized carbons (Fsp3) is 0.818. The molecule has 0 aliphatic carbocycles. The zero-order valence-electron chi connectivity index (χ0n) is 10.5. The average Bonchev–Trinajstić information content (AvgIpc) is 2.16. The van der Waals surface area contributed by atoms with E-state index in [1.54, 1.807) is 20.8 Å². The Balaban J connectivity index is 4.31.